The van der Waals surface area contributed by atoms with Gasteiger partial charge in [0.1, 0.15) is 28.3 Å². The zero-order chi connectivity index (χ0) is 29.2. The van der Waals surface area contributed by atoms with Gasteiger partial charge in [0, 0.05) is 23.5 Å². The Kier molecular flexibility index (Phi) is 8.48. The number of benzene rings is 1. The van der Waals surface area contributed by atoms with Crippen LogP contribution in [0, 0.1) is 13.8 Å². The molecule has 1 saturated heterocycles. The van der Waals surface area contributed by atoms with E-state index in [2.05, 4.69) is 20.4 Å². The predicted octanol–water partition coefficient (Wildman–Crippen LogP) is 4.25. The van der Waals surface area contributed by atoms with Gasteiger partial charge in [0.25, 0.3) is 0 Å². The molecule has 2 unspecified atom stereocenters. The maximum absolute atomic E-state index is 13.5. The first kappa shape index (κ1) is 29.1. The molecule has 1 fully saturated rings. The fourth-order valence-corrected chi connectivity index (χ4v) is 4.72. The van der Waals surface area contributed by atoms with E-state index in [0.717, 1.165) is 5.56 Å². The van der Waals surface area contributed by atoms with Gasteiger partial charge in [-0.1, -0.05) is 22.8 Å². The second kappa shape index (κ2) is 11.7. The second-order valence-corrected chi connectivity index (χ2v) is 10.5. The van der Waals surface area contributed by atoms with Crippen molar-refractivity contribution in [1.29, 1.82) is 0 Å². The molecule has 6 N–H and O–H groups in total. The van der Waals surface area contributed by atoms with Crippen molar-refractivity contribution < 1.29 is 19.1 Å². The summed E-state index contributed by atoms with van der Waals surface area (Å²) in [4.78, 5) is 22.2. The number of nitrogens with zero attached hydrogens (tertiary/aromatic N) is 3. The summed E-state index contributed by atoms with van der Waals surface area (Å²) in [5, 5.41) is 16.2. The SMILES string of the molecule is Cc1cc(C(C)Nc2ccc(Cl)nc2/C(N)=N/O)c2oc(/C(C=NCC3COC(C)(C)O3)=C/N)c(C)c(=O)c2c1. The monoisotopic (exact) mass is 568 g/mol. The Bertz CT molecular complexity index is 1580. The highest BCUT2D eigenvalue weighted by Gasteiger charge is 2.32. The van der Waals surface area contributed by atoms with Crippen molar-refractivity contribution in [1.82, 2.24) is 4.98 Å². The minimum atomic E-state index is -0.646. The van der Waals surface area contributed by atoms with E-state index >= 15 is 0 Å². The first-order valence-electron chi connectivity index (χ1n) is 12.7. The van der Waals surface area contributed by atoms with Gasteiger partial charge in [0.05, 0.1) is 35.8 Å². The van der Waals surface area contributed by atoms with Crippen molar-refractivity contribution in [3.63, 3.8) is 0 Å². The number of aromatic nitrogens is 1. The van der Waals surface area contributed by atoms with Gasteiger partial charge in [-0.25, -0.2) is 4.98 Å². The number of pyridine rings is 1. The molecule has 3 heterocycles. The van der Waals surface area contributed by atoms with Gasteiger partial charge in [-0.3, -0.25) is 9.79 Å². The van der Waals surface area contributed by atoms with Crippen LogP contribution in [0.1, 0.15) is 55.0 Å². The Labute approximate surface area is 236 Å². The van der Waals surface area contributed by atoms with Crippen LogP contribution in [0.5, 0.6) is 0 Å². The van der Waals surface area contributed by atoms with Crippen LogP contribution in [0.4, 0.5) is 5.69 Å². The van der Waals surface area contributed by atoms with Crippen LogP contribution in [0.3, 0.4) is 0 Å². The molecule has 40 heavy (non-hydrogen) atoms. The molecular formula is C28H33ClN6O5. The molecule has 0 spiro atoms. The standard InChI is InChI=1S/C28H33ClN6O5/c1-14-8-19(16(3)33-21-6-7-22(29)34-23(21)27(31)35-37)26-20(9-14)24(36)15(2)25(39-26)17(10-30)11-32-12-18-13-38-28(4,5)40-18/h6-11,16,18,33,37H,12-13,30H2,1-5H3,(H2,31,35)/b17-10+,32-11?. The summed E-state index contributed by atoms with van der Waals surface area (Å²) < 4.78 is 17.8. The van der Waals surface area contributed by atoms with Crippen molar-refractivity contribution in [2.75, 3.05) is 18.5 Å². The lowest BCUT2D eigenvalue weighted by atomic mass is 9.99. The topological polar surface area (TPSA) is 171 Å². The van der Waals surface area contributed by atoms with Crippen LogP contribution in [0.2, 0.25) is 5.15 Å². The number of allylic oxidation sites excluding steroid dienone is 1. The van der Waals surface area contributed by atoms with Crippen LogP contribution in [0.25, 0.3) is 16.5 Å². The summed E-state index contributed by atoms with van der Waals surface area (Å²) in [6, 6.07) is 6.58. The van der Waals surface area contributed by atoms with Gasteiger partial charge in [-0.2, -0.15) is 0 Å². The number of halogens is 1. The van der Waals surface area contributed by atoms with E-state index in [1.165, 1.54) is 6.20 Å². The lowest BCUT2D eigenvalue weighted by Crippen LogP contribution is -2.22. The Hall–Kier alpha value is -3.93. The Morgan fingerprint density at radius 1 is 1.35 bits per heavy atom. The highest BCUT2D eigenvalue weighted by Crippen LogP contribution is 2.31. The number of aryl methyl sites for hydroxylation is 1. The van der Waals surface area contributed by atoms with E-state index in [1.54, 1.807) is 31.3 Å². The fraction of sp³-hybridized carbons (Fsp3) is 0.357. The van der Waals surface area contributed by atoms with Crippen LogP contribution in [-0.2, 0) is 9.47 Å². The number of rotatable bonds is 8. The molecule has 12 heteroatoms. The number of aliphatic imine (C=N–C) groups is 1. The number of oxime groups is 1. The quantitative estimate of drug-likeness (QED) is 0.102. The van der Waals surface area contributed by atoms with Gasteiger partial charge in [0.2, 0.25) is 0 Å². The molecule has 1 aromatic carbocycles. The zero-order valence-corrected chi connectivity index (χ0v) is 23.7. The molecule has 0 saturated carbocycles. The van der Waals surface area contributed by atoms with E-state index in [0.29, 0.717) is 52.3 Å². The van der Waals surface area contributed by atoms with Gasteiger partial charge in [-0.15, -0.1) is 0 Å². The minimum Gasteiger partial charge on any atom is -0.455 e. The van der Waals surface area contributed by atoms with E-state index in [1.807, 2.05) is 33.8 Å². The average Bonchev–Trinajstić information content (AvgIpc) is 3.27. The third-order valence-corrected chi connectivity index (χ3v) is 6.70. The maximum atomic E-state index is 13.5. The maximum Gasteiger partial charge on any atom is 0.196 e. The van der Waals surface area contributed by atoms with Gasteiger partial charge in [-0.05, 0) is 58.4 Å². The summed E-state index contributed by atoms with van der Waals surface area (Å²) in [7, 11) is 0. The molecule has 1 aliphatic heterocycles. The second-order valence-electron chi connectivity index (χ2n) is 10.1. The van der Waals surface area contributed by atoms with Crippen LogP contribution in [-0.4, -0.2) is 47.3 Å². The van der Waals surface area contributed by atoms with E-state index in [9.17, 15) is 10.0 Å². The third-order valence-electron chi connectivity index (χ3n) is 6.49. The van der Waals surface area contributed by atoms with Crippen molar-refractivity contribution in [2.24, 2.45) is 21.6 Å². The molecule has 0 amide bonds. The van der Waals surface area contributed by atoms with Crippen molar-refractivity contribution in [3.8, 4) is 0 Å². The van der Waals surface area contributed by atoms with Crippen molar-refractivity contribution >= 4 is 45.9 Å². The van der Waals surface area contributed by atoms with Gasteiger partial charge in [0.15, 0.2) is 17.1 Å². The highest BCUT2D eigenvalue weighted by molar-refractivity contribution is 6.29. The van der Waals surface area contributed by atoms with Gasteiger partial charge < -0.3 is 35.9 Å². The molecule has 2 aromatic heterocycles. The summed E-state index contributed by atoms with van der Waals surface area (Å²) in [6.45, 7) is 9.99. The first-order chi connectivity index (χ1) is 18.9. The minimum absolute atomic E-state index is 0.180. The number of fused-ring (bicyclic) bond motifs is 1. The van der Waals surface area contributed by atoms with Crippen LogP contribution >= 0.6 is 11.6 Å². The van der Waals surface area contributed by atoms with E-state index in [-0.39, 0.29) is 28.2 Å². The lowest BCUT2D eigenvalue weighted by Gasteiger charge is -2.20. The summed E-state index contributed by atoms with van der Waals surface area (Å²) in [5.74, 6) is -0.533. The first-order valence-corrected chi connectivity index (χ1v) is 13.0. The number of ether oxygens (including phenoxy) is 2. The number of hydrogen-bond donors (Lipinski definition) is 4. The van der Waals surface area contributed by atoms with Gasteiger partial charge >= 0.3 is 0 Å². The van der Waals surface area contributed by atoms with E-state index in [4.69, 9.17) is 37.0 Å². The Morgan fingerprint density at radius 3 is 2.75 bits per heavy atom. The summed E-state index contributed by atoms with van der Waals surface area (Å²) in [5.41, 5.74) is 15.1. The number of amidine groups is 1. The average molecular weight is 569 g/mol. The number of hydrogen-bond acceptors (Lipinski definition) is 10. The molecule has 3 aromatic rings. The molecule has 2 atom stereocenters. The Morgan fingerprint density at radius 2 is 2.10 bits per heavy atom. The molecule has 0 radical (unpaired) electrons. The lowest BCUT2D eigenvalue weighted by molar-refractivity contribution is -0.137. The largest absolute Gasteiger partial charge is 0.455 e. The molecule has 4 rings (SSSR count). The summed E-state index contributed by atoms with van der Waals surface area (Å²) in [6.07, 6.45) is 2.74. The van der Waals surface area contributed by atoms with E-state index < -0.39 is 11.8 Å². The number of anilines is 1. The molecule has 1 aliphatic rings. The molecule has 11 nitrogen and oxygen atoms in total. The molecule has 0 bridgehead atoms. The van der Waals surface area contributed by atoms with Crippen molar-refractivity contribution in [2.45, 2.75) is 52.6 Å². The third kappa shape index (κ3) is 6.11. The van der Waals surface area contributed by atoms with Crippen LogP contribution < -0.4 is 22.2 Å². The predicted molar refractivity (Wildman–Crippen MR) is 156 cm³/mol. The zero-order valence-electron chi connectivity index (χ0n) is 23.0. The molecule has 0 aliphatic carbocycles. The highest BCUT2D eigenvalue weighted by atomic mass is 35.5. The number of nitrogens with two attached hydrogens (primary N) is 2. The molecule has 212 valence electrons. The fourth-order valence-electron chi connectivity index (χ4n) is 4.57. The molecular weight excluding hydrogens is 536 g/mol. The van der Waals surface area contributed by atoms with Crippen LogP contribution in [0.15, 0.2) is 49.8 Å². The van der Waals surface area contributed by atoms with Crippen molar-refractivity contribution in [3.05, 3.63) is 74.0 Å². The summed E-state index contributed by atoms with van der Waals surface area (Å²) >= 11 is 6.03. The smallest absolute Gasteiger partial charge is 0.196 e. The number of nitrogens with one attached hydrogen (secondary N) is 1. The normalized spacial score (nSPS) is 18.5. The Balaban J connectivity index is 1.73.